The van der Waals surface area contributed by atoms with Gasteiger partial charge in [0.2, 0.25) is 6.43 Å². The second-order valence-electron chi connectivity index (χ2n) is 7.01. The summed E-state index contributed by atoms with van der Waals surface area (Å²) >= 11 is 0.488. The number of ether oxygens (including phenoxy) is 2. The molecule has 0 N–H and O–H groups in total. The van der Waals surface area contributed by atoms with Gasteiger partial charge in [0.05, 0.1) is 12.2 Å². The number of halogens is 5. The lowest BCUT2D eigenvalue weighted by Crippen LogP contribution is -2.39. The lowest BCUT2D eigenvalue weighted by atomic mass is 10.1. The fourth-order valence-electron chi connectivity index (χ4n) is 3.18. The molecule has 0 bridgehead atoms. The van der Waals surface area contributed by atoms with Gasteiger partial charge >= 0.3 is 17.4 Å². The van der Waals surface area contributed by atoms with E-state index in [0.717, 1.165) is 12.4 Å². The minimum absolute atomic E-state index is 0.228. The highest BCUT2D eigenvalue weighted by atomic mass is 32.2. The maximum absolute atomic E-state index is 13.7. The molecule has 10 nitrogen and oxygen atoms in total. The Kier molecular flexibility index (Phi) is 8.36. The summed E-state index contributed by atoms with van der Waals surface area (Å²) < 4.78 is 105. The van der Waals surface area contributed by atoms with E-state index >= 15 is 0 Å². The average molecular weight is 569 g/mol. The van der Waals surface area contributed by atoms with Crippen LogP contribution in [0.3, 0.4) is 0 Å². The maximum atomic E-state index is 13.7. The Morgan fingerprint density at radius 3 is 2.41 bits per heavy atom. The van der Waals surface area contributed by atoms with Crippen LogP contribution in [0, 0.1) is 0 Å². The Bertz CT molecular complexity index is 1350. The zero-order chi connectivity index (χ0) is 27.5. The molecule has 0 fully saturated rings. The zero-order valence-corrected chi connectivity index (χ0v) is 20.6. The summed E-state index contributed by atoms with van der Waals surface area (Å²) in [5, 5.41) is -1.09. The second-order valence-corrected chi connectivity index (χ2v) is 9.55. The van der Waals surface area contributed by atoms with Crippen molar-refractivity contribution in [2.24, 2.45) is 0 Å². The molecule has 0 aliphatic carbocycles. The van der Waals surface area contributed by atoms with Crippen molar-refractivity contribution in [3.63, 3.8) is 0 Å². The minimum atomic E-state index is -5.11. The summed E-state index contributed by atoms with van der Waals surface area (Å²) in [4.78, 5) is 34.7. The molecule has 2 aromatic heterocycles. The van der Waals surface area contributed by atoms with Crippen molar-refractivity contribution >= 4 is 49.5 Å². The molecule has 200 valence electrons. The van der Waals surface area contributed by atoms with Crippen molar-refractivity contribution in [3.05, 3.63) is 47.2 Å². The third-order valence-corrected chi connectivity index (χ3v) is 6.93. The molecule has 3 heterocycles. The van der Waals surface area contributed by atoms with Crippen LogP contribution in [-0.4, -0.2) is 60.5 Å². The third kappa shape index (κ3) is 5.82. The number of hydrogen-bond donors (Lipinski definition) is 0. The van der Waals surface area contributed by atoms with Gasteiger partial charge < -0.3 is 9.47 Å². The Morgan fingerprint density at radius 1 is 1.14 bits per heavy atom. The first kappa shape index (κ1) is 28.2. The predicted octanol–water partition coefficient (Wildman–Crippen LogP) is 4.20. The van der Waals surface area contributed by atoms with E-state index in [-0.39, 0.29) is 6.61 Å². The number of carbonyl (C=O) groups excluding carboxylic acids is 2. The largest absolute Gasteiger partial charge is 0.462 e. The smallest absolute Gasteiger partial charge is 0.433 e. The van der Waals surface area contributed by atoms with Gasteiger partial charge in [0.15, 0.2) is 22.2 Å². The van der Waals surface area contributed by atoms with Gasteiger partial charge in [0.25, 0.3) is 10.0 Å². The molecule has 17 heteroatoms. The van der Waals surface area contributed by atoms with Crippen LogP contribution in [-0.2, 0) is 25.7 Å². The van der Waals surface area contributed by atoms with Gasteiger partial charge in [-0.15, -0.1) is 0 Å². The van der Waals surface area contributed by atoms with E-state index in [2.05, 4.69) is 15.0 Å². The summed E-state index contributed by atoms with van der Waals surface area (Å²) in [5.74, 6) is -2.63. The van der Waals surface area contributed by atoms with Crippen LogP contribution in [0.4, 0.5) is 32.6 Å². The van der Waals surface area contributed by atoms with E-state index in [9.17, 15) is 40.0 Å². The topological polar surface area (TPSA) is 129 Å². The first-order chi connectivity index (χ1) is 17.3. The Balaban J connectivity index is 2.46. The molecule has 0 radical (unpaired) electrons. The lowest BCUT2D eigenvalue weighted by Gasteiger charge is -2.31. The number of hydrogen-bond acceptors (Lipinski definition) is 10. The molecular weight excluding hydrogens is 551 g/mol. The number of rotatable bonds is 7. The number of carbonyl (C=O) groups is 2. The van der Waals surface area contributed by atoms with Gasteiger partial charge in [-0.25, -0.2) is 46.0 Å². The fourth-order valence-corrected chi connectivity index (χ4v) is 5.04. The van der Waals surface area contributed by atoms with E-state index < -0.39 is 86.0 Å². The molecule has 37 heavy (non-hydrogen) atoms. The molecule has 0 amide bonds. The number of nitrogens with zero attached hydrogens (tertiary/aromatic N) is 4. The van der Waals surface area contributed by atoms with Crippen molar-refractivity contribution < 1.29 is 49.4 Å². The van der Waals surface area contributed by atoms with Crippen LogP contribution < -0.4 is 4.31 Å². The van der Waals surface area contributed by atoms with E-state index in [4.69, 9.17) is 9.47 Å². The monoisotopic (exact) mass is 568 g/mol. The van der Waals surface area contributed by atoms with Gasteiger partial charge in [-0.1, -0.05) is 0 Å². The molecule has 0 saturated carbocycles. The van der Waals surface area contributed by atoms with Gasteiger partial charge in [-0.2, -0.15) is 13.2 Å². The number of sulfonamides is 1. The normalized spacial score (nSPS) is 15.0. The SMILES string of the molecule is CCOC(=O)c1ccc(C(F)(F)F)nc1C1=C(OC(=O)SC)c2nccnc2N(CCC(F)F)S1(=O)=O. The number of fused-ring (bicyclic) bond motifs is 1. The van der Waals surface area contributed by atoms with Gasteiger partial charge in [0, 0.05) is 25.4 Å². The van der Waals surface area contributed by atoms with E-state index in [0.29, 0.717) is 28.2 Å². The number of esters is 1. The van der Waals surface area contributed by atoms with E-state index in [1.807, 2.05) is 0 Å². The molecule has 0 saturated heterocycles. The molecule has 0 atom stereocenters. The lowest BCUT2D eigenvalue weighted by molar-refractivity contribution is -0.141. The van der Waals surface area contributed by atoms with Crippen molar-refractivity contribution in [2.45, 2.75) is 25.9 Å². The van der Waals surface area contributed by atoms with Gasteiger partial charge in [-0.3, -0.25) is 0 Å². The van der Waals surface area contributed by atoms with Crippen LogP contribution >= 0.6 is 11.8 Å². The number of thioether (sulfide) groups is 1. The summed E-state index contributed by atoms with van der Waals surface area (Å²) in [6.45, 7) is 0.302. The molecule has 0 spiro atoms. The first-order valence-corrected chi connectivity index (χ1v) is 12.9. The van der Waals surface area contributed by atoms with Gasteiger partial charge in [0.1, 0.15) is 11.4 Å². The van der Waals surface area contributed by atoms with Crippen LogP contribution in [0.25, 0.3) is 10.7 Å². The van der Waals surface area contributed by atoms with Crippen molar-refractivity contribution in [2.75, 3.05) is 23.7 Å². The quantitative estimate of drug-likeness (QED) is 0.354. The fraction of sp³-hybridized carbons (Fsp3) is 0.350. The highest BCUT2D eigenvalue weighted by Gasteiger charge is 2.45. The third-order valence-electron chi connectivity index (χ3n) is 4.68. The zero-order valence-electron chi connectivity index (χ0n) is 19.0. The van der Waals surface area contributed by atoms with E-state index in [1.165, 1.54) is 13.2 Å². The standard InChI is InChI=1S/C20H17F5N4O6S2/c1-3-34-18(30)10-4-5-11(20(23,24)25)28-13(10)16-15(35-19(31)36-2)14-17(27-8-7-26-14)29(37(16,32)33)9-6-12(21)22/h4-5,7-8,12H,3,6,9H2,1-2H3. The summed E-state index contributed by atoms with van der Waals surface area (Å²) in [5.41, 5.74) is -3.83. The van der Waals surface area contributed by atoms with Crippen LogP contribution in [0.2, 0.25) is 0 Å². The molecule has 0 aromatic carbocycles. The first-order valence-electron chi connectivity index (χ1n) is 10.2. The Morgan fingerprint density at radius 2 is 1.81 bits per heavy atom. The van der Waals surface area contributed by atoms with Crippen LogP contribution in [0.15, 0.2) is 24.5 Å². The number of aromatic nitrogens is 3. The van der Waals surface area contributed by atoms with Crippen molar-refractivity contribution in [3.8, 4) is 0 Å². The van der Waals surface area contributed by atoms with Crippen molar-refractivity contribution in [1.29, 1.82) is 0 Å². The van der Waals surface area contributed by atoms with Crippen LogP contribution in [0.5, 0.6) is 0 Å². The number of anilines is 1. The number of pyridine rings is 1. The highest BCUT2D eigenvalue weighted by Crippen LogP contribution is 2.44. The molecule has 2 aromatic rings. The second kappa shape index (κ2) is 11.0. The number of alkyl halides is 5. The van der Waals surface area contributed by atoms with E-state index in [1.54, 1.807) is 0 Å². The summed E-state index contributed by atoms with van der Waals surface area (Å²) in [6.07, 6.45) is -5.65. The van der Waals surface area contributed by atoms with Crippen LogP contribution in [0.1, 0.15) is 40.8 Å². The maximum Gasteiger partial charge on any atom is 0.433 e. The molecule has 1 aliphatic heterocycles. The average Bonchev–Trinajstić information content (AvgIpc) is 2.82. The summed E-state index contributed by atoms with van der Waals surface area (Å²) in [6, 6.07) is 1.08. The Labute approximate surface area is 210 Å². The van der Waals surface area contributed by atoms with Gasteiger partial charge in [-0.05, 0) is 37.1 Å². The molecule has 0 unspecified atom stereocenters. The Hall–Kier alpha value is -3.34. The highest BCUT2D eigenvalue weighted by molar-refractivity contribution is 8.12. The van der Waals surface area contributed by atoms with Crippen molar-refractivity contribution in [1.82, 2.24) is 15.0 Å². The molecule has 3 rings (SSSR count). The molecule has 1 aliphatic rings. The minimum Gasteiger partial charge on any atom is -0.462 e. The molecular formula is C20H17F5N4O6S2. The summed E-state index contributed by atoms with van der Waals surface area (Å²) in [7, 11) is -5.11. The predicted molar refractivity (Wildman–Crippen MR) is 121 cm³/mol.